The molecule has 0 aliphatic carbocycles. The maximum Gasteiger partial charge on any atom is 0.338 e. The molecule has 4 aromatic carbocycles. The first-order valence-electron chi connectivity index (χ1n) is 16.1. The van der Waals surface area contributed by atoms with Crippen LogP contribution in [-0.4, -0.2) is 28.8 Å². The molecular weight excluding hydrogens is 631 g/mol. The number of benzene rings is 4. The number of nitrogens with zero attached hydrogens (tertiary/aromatic N) is 3. The van der Waals surface area contributed by atoms with E-state index in [-0.39, 0.29) is 12.2 Å². The fraction of sp³-hybridized carbons (Fsp3) is 0.146. The second-order valence-electron chi connectivity index (χ2n) is 11.8. The van der Waals surface area contributed by atoms with Gasteiger partial charge in [0.2, 0.25) is 0 Å². The molecule has 1 aliphatic heterocycles. The van der Waals surface area contributed by atoms with E-state index in [1.54, 1.807) is 25.5 Å². The van der Waals surface area contributed by atoms with Crippen LogP contribution in [0.2, 0.25) is 0 Å². The SMILES string of the molecule is CCOC(=O)C1=C(C)N=c2s/c(=C/c3cc(-c4ccccc4)n(-c4ccc(C)cc4)c3-c3ccccc3)c(=O)n2[C@H]1c1cccc(OC)c1. The third kappa shape index (κ3) is 5.96. The van der Waals surface area contributed by atoms with Crippen molar-refractivity contribution >= 4 is 23.4 Å². The summed E-state index contributed by atoms with van der Waals surface area (Å²) in [6.45, 7) is 5.83. The molecule has 0 unspecified atom stereocenters. The van der Waals surface area contributed by atoms with Gasteiger partial charge in [-0.2, -0.15) is 0 Å². The normalized spacial score (nSPS) is 14.4. The predicted molar refractivity (Wildman–Crippen MR) is 195 cm³/mol. The van der Waals surface area contributed by atoms with E-state index in [0.717, 1.165) is 39.3 Å². The molecular formula is C41H35N3O4S. The Labute approximate surface area is 288 Å². The number of hydrogen-bond donors (Lipinski definition) is 0. The van der Waals surface area contributed by atoms with E-state index < -0.39 is 12.0 Å². The summed E-state index contributed by atoms with van der Waals surface area (Å²) in [6, 6.07) is 37.8. The van der Waals surface area contributed by atoms with Crippen LogP contribution >= 0.6 is 11.3 Å². The number of carbonyl (C=O) groups is 1. The zero-order chi connectivity index (χ0) is 34.1. The van der Waals surface area contributed by atoms with Gasteiger partial charge in [-0.05, 0) is 73.9 Å². The van der Waals surface area contributed by atoms with E-state index >= 15 is 0 Å². The number of ether oxygens (including phenoxy) is 2. The lowest BCUT2D eigenvalue weighted by atomic mass is 9.95. The Morgan fingerprint density at radius 2 is 1.57 bits per heavy atom. The van der Waals surface area contributed by atoms with E-state index in [0.29, 0.717) is 26.4 Å². The Kier molecular flexibility index (Phi) is 8.72. The van der Waals surface area contributed by atoms with Crippen molar-refractivity contribution in [3.05, 3.63) is 163 Å². The molecule has 7 rings (SSSR count). The Balaban J connectivity index is 1.51. The van der Waals surface area contributed by atoms with E-state index in [2.05, 4.69) is 66.1 Å². The summed E-state index contributed by atoms with van der Waals surface area (Å²) < 4.78 is 15.4. The van der Waals surface area contributed by atoms with Gasteiger partial charge in [-0.25, -0.2) is 9.79 Å². The average Bonchev–Trinajstić information content (AvgIpc) is 3.65. The maximum absolute atomic E-state index is 14.6. The summed E-state index contributed by atoms with van der Waals surface area (Å²) in [4.78, 5) is 33.3. The molecule has 0 saturated carbocycles. The van der Waals surface area contributed by atoms with E-state index in [1.165, 1.54) is 16.9 Å². The van der Waals surface area contributed by atoms with Crippen molar-refractivity contribution in [2.45, 2.75) is 26.8 Å². The molecule has 244 valence electrons. The van der Waals surface area contributed by atoms with Gasteiger partial charge in [0.15, 0.2) is 4.80 Å². The third-order valence-electron chi connectivity index (χ3n) is 8.65. The molecule has 0 N–H and O–H groups in total. The van der Waals surface area contributed by atoms with Crippen LogP contribution in [0.4, 0.5) is 0 Å². The van der Waals surface area contributed by atoms with Crippen molar-refractivity contribution in [3.63, 3.8) is 0 Å². The van der Waals surface area contributed by atoms with Gasteiger partial charge >= 0.3 is 5.97 Å². The summed E-state index contributed by atoms with van der Waals surface area (Å²) in [5.74, 6) is 0.121. The molecule has 2 aromatic heterocycles. The molecule has 0 fully saturated rings. The van der Waals surface area contributed by atoms with Crippen LogP contribution in [0.15, 0.2) is 136 Å². The molecule has 6 aromatic rings. The molecule has 8 heteroatoms. The highest BCUT2D eigenvalue weighted by Gasteiger charge is 2.33. The number of carbonyl (C=O) groups excluding carboxylic acids is 1. The first kappa shape index (κ1) is 31.8. The van der Waals surface area contributed by atoms with Crippen molar-refractivity contribution in [3.8, 4) is 34.0 Å². The number of esters is 1. The molecule has 0 spiro atoms. The molecule has 3 heterocycles. The first-order chi connectivity index (χ1) is 23.9. The number of aryl methyl sites for hydroxylation is 1. The molecule has 0 bridgehead atoms. The van der Waals surface area contributed by atoms with Gasteiger partial charge in [-0.3, -0.25) is 9.36 Å². The van der Waals surface area contributed by atoms with Crippen molar-refractivity contribution in [1.29, 1.82) is 0 Å². The Morgan fingerprint density at radius 1 is 0.878 bits per heavy atom. The van der Waals surface area contributed by atoms with Gasteiger partial charge in [0.25, 0.3) is 5.56 Å². The highest BCUT2D eigenvalue weighted by Crippen LogP contribution is 2.37. The van der Waals surface area contributed by atoms with Crippen LogP contribution in [0.3, 0.4) is 0 Å². The molecule has 7 nitrogen and oxygen atoms in total. The smallest absolute Gasteiger partial charge is 0.338 e. The van der Waals surface area contributed by atoms with Crippen molar-refractivity contribution < 1.29 is 14.3 Å². The molecule has 1 atom stereocenters. The van der Waals surface area contributed by atoms with Crippen molar-refractivity contribution in [2.24, 2.45) is 4.99 Å². The second-order valence-corrected chi connectivity index (χ2v) is 12.8. The quantitative estimate of drug-likeness (QED) is 0.161. The Bertz CT molecular complexity index is 2390. The van der Waals surface area contributed by atoms with E-state index in [1.807, 2.05) is 66.7 Å². The lowest BCUT2D eigenvalue weighted by molar-refractivity contribution is -0.139. The van der Waals surface area contributed by atoms with Gasteiger partial charge in [0.1, 0.15) is 5.75 Å². The first-order valence-corrected chi connectivity index (χ1v) is 17.0. The lowest BCUT2D eigenvalue weighted by Crippen LogP contribution is -2.39. The minimum Gasteiger partial charge on any atom is -0.497 e. The minimum absolute atomic E-state index is 0.203. The van der Waals surface area contributed by atoms with Crippen LogP contribution in [0, 0.1) is 6.92 Å². The van der Waals surface area contributed by atoms with Crippen molar-refractivity contribution in [1.82, 2.24) is 9.13 Å². The third-order valence-corrected chi connectivity index (χ3v) is 9.64. The van der Waals surface area contributed by atoms with Gasteiger partial charge in [0.05, 0.1) is 46.9 Å². The highest BCUT2D eigenvalue weighted by molar-refractivity contribution is 7.07. The zero-order valence-corrected chi connectivity index (χ0v) is 28.5. The summed E-state index contributed by atoms with van der Waals surface area (Å²) in [7, 11) is 1.59. The monoisotopic (exact) mass is 665 g/mol. The largest absolute Gasteiger partial charge is 0.497 e. The molecule has 0 radical (unpaired) electrons. The van der Waals surface area contributed by atoms with E-state index in [9.17, 15) is 9.59 Å². The van der Waals surface area contributed by atoms with Crippen LogP contribution in [0.1, 0.15) is 36.6 Å². The number of allylic oxidation sites excluding steroid dienone is 1. The molecule has 0 saturated heterocycles. The second kappa shape index (κ2) is 13.4. The molecule has 49 heavy (non-hydrogen) atoms. The van der Waals surface area contributed by atoms with Crippen LogP contribution in [-0.2, 0) is 9.53 Å². The van der Waals surface area contributed by atoms with Gasteiger partial charge in [-0.15, -0.1) is 0 Å². The fourth-order valence-corrected chi connectivity index (χ4v) is 7.41. The number of thiazole rings is 1. The zero-order valence-electron chi connectivity index (χ0n) is 27.7. The summed E-state index contributed by atoms with van der Waals surface area (Å²) in [5, 5.41) is 0. The average molecular weight is 666 g/mol. The van der Waals surface area contributed by atoms with Gasteiger partial charge < -0.3 is 14.0 Å². The number of aromatic nitrogens is 2. The number of hydrogen-bond acceptors (Lipinski definition) is 6. The van der Waals surface area contributed by atoms with Crippen LogP contribution in [0.25, 0.3) is 34.3 Å². The van der Waals surface area contributed by atoms with Gasteiger partial charge in [0, 0.05) is 11.3 Å². The minimum atomic E-state index is -0.738. The number of rotatable bonds is 8. The number of methoxy groups -OCH3 is 1. The lowest BCUT2D eigenvalue weighted by Gasteiger charge is -2.25. The van der Waals surface area contributed by atoms with Crippen LogP contribution in [0.5, 0.6) is 5.75 Å². The fourth-order valence-electron chi connectivity index (χ4n) is 6.37. The van der Waals surface area contributed by atoms with Crippen molar-refractivity contribution in [2.75, 3.05) is 13.7 Å². The topological polar surface area (TPSA) is 74.8 Å². The molecule has 0 amide bonds. The number of fused-ring (bicyclic) bond motifs is 1. The standard InChI is InChI=1S/C41H35N3O4S/c1-5-48-40(46)36-27(3)42-41-44(38(36)30-17-12-18-33(23-30)47-4)39(45)35(49-41)25-31-24-34(28-13-8-6-9-14-28)43(32-21-19-26(2)20-22-32)37(31)29-15-10-7-11-16-29/h6-25,38H,5H2,1-4H3/b35-25+/t38-/m0/s1. The predicted octanol–water partition coefficient (Wildman–Crippen LogP) is 7.24. The van der Waals surface area contributed by atoms with E-state index in [4.69, 9.17) is 14.5 Å². The summed E-state index contributed by atoms with van der Waals surface area (Å²) >= 11 is 1.31. The Morgan fingerprint density at radius 3 is 2.24 bits per heavy atom. The van der Waals surface area contributed by atoms with Crippen LogP contribution < -0.4 is 19.6 Å². The Hall–Kier alpha value is -5.73. The highest BCUT2D eigenvalue weighted by atomic mass is 32.1. The molecule has 1 aliphatic rings. The summed E-state index contributed by atoms with van der Waals surface area (Å²) in [5.41, 5.74) is 8.42. The van der Waals surface area contributed by atoms with Gasteiger partial charge in [-0.1, -0.05) is 102 Å². The summed E-state index contributed by atoms with van der Waals surface area (Å²) in [6.07, 6.45) is 1.95. The maximum atomic E-state index is 14.6.